The van der Waals surface area contributed by atoms with E-state index in [4.69, 9.17) is 0 Å². The molecule has 0 saturated heterocycles. The van der Waals surface area contributed by atoms with E-state index < -0.39 is 0 Å². The predicted octanol–water partition coefficient (Wildman–Crippen LogP) is 1.25. The lowest BCUT2D eigenvalue weighted by atomic mass is 10.2. The summed E-state index contributed by atoms with van der Waals surface area (Å²) in [5.41, 5.74) is 3.20. The van der Waals surface area contributed by atoms with Crippen LogP contribution in [0.1, 0.15) is 5.69 Å². The number of nitrogens with one attached hydrogen (secondary N) is 2. The van der Waals surface area contributed by atoms with Gasteiger partial charge in [-0.3, -0.25) is 9.67 Å². The molecule has 2 N–H and O–H groups in total. The van der Waals surface area contributed by atoms with Crippen LogP contribution in [0, 0.1) is 6.92 Å². The fourth-order valence-electron chi connectivity index (χ4n) is 2.22. The highest BCUT2D eigenvalue weighted by atomic mass is 15.3. The van der Waals surface area contributed by atoms with Crippen LogP contribution in [0.3, 0.4) is 0 Å². The fourth-order valence-corrected chi connectivity index (χ4v) is 2.22. The van der Waals surface area contributed by atoms with Crippen molar-refractivity contribution in [1.82, 2.24) is 15.1 Å². The van der Waals surface area contributed by atoms with Gasteiger partial charge in [-0.15, -0.1) is 0 Å². The van der Waals surface area contributed by atoms with E-state index in [-0.39, 0.29) is 0 Å². The van der Waals surface area contributed by atoms with Crippen molar-refractivity contribution in [2.45, 2.75) is 6.92 Å². The Kier molecular flexibility index (Phi) is 2.24. The number of hydrogen-bond acceptors (Lipinski definition) is 4. The minimum atomic E-state index is 0.836. The molecule has 1 aromatic carbocycles. The smallest absolute Gasteiger partial charge is 0.195 e. The molecular weight excluding hydrogens is 214 g/mol. The maximum Gasteiger partial charge on any atom is 0.195 e. The van der Waals surface area contributed by atoms with E-state index in [1.807, 2.05) is 30.8 Å². The minimum absolute atomic E-state index is 0.836. The fraction of sp³-hybridized carbons (Fsp3) is 0.333. The third kappa shape index (κ3) is 1.63. The van der Waals surface area contributed by atoms with Crippen LogP contribution in [0.15, 0.2) is 23.2 Å². The summed E-state index contributed by atoms with van der Waals surface area (Å²) in [5.74, 6) is 0.844. The zero-order valence-corrected chi connectivity index (χ0v) is 9.99. The highest BCUT2D eigenvalue weighted by Gasteiger charge is 2.11. The minimum Gasteiger partial charge on any atom is -0.354 e. The summed E-state index contributed by atoms with van der Waals surface area (Å²) in [4.78, 5) is 4.34. The zero-order chi connectivity index (χ0) is 11.8. The summed E-state index contributed by atoms with van der Waals surface area (Å²) in [6.45, 7) is 3.77. The molecule has 2 heterocycles. The van der Waals surface area contributed by atoms with Crippen LogP contribution in [-0.2, 0) is 7.05 Å². The summed E-state index contributed by atoms with van der Waals surface area (Å²) in [6, 6.07) is 6.17. The third-order valence-corrected chi connectivity index (χ3v) is 2.98. The number of para-hydroxylation sites is 1. The molecule has 3 rings (SSSR count). The number of anilines is 1. The third-order valence-electron chi connectivity index (χ3n) is 2.98. The number of nitrogens with zero attached hydrogens (tertiary/aromatic N) is 3. The Morgan fingerprint density at radius 3 is 3.06 bits per heavy atom. The van der Waals surface area contributed by atoms with Crippen molar-refractivity contribution < 1.29 is 0 Å². The maximum absolute atomic E-state index is 4.44. The van der Waals surface area contributed by atoms with Gasteiger partial charge in [0, 0.05) is 19.0 Å². The quantitative estimate of drug-likeness (QED) is 0.774. The standard InChI is InChI=1S/C12H15N5/c1-8-9-4-3-5-10(11(9)17(2)16-8)15-12-13-6-7-14-12/h3-5H,6-7H2,1-2H3,(H2,13,14,15). The maximum atomic E-state index is 4.44. The lowest BCUT2D eigenvalue weighted by molar-refractivity contribution is 0.784. The molecule has 0 atom stereocenters. The van der Waals surface area contributed by atoms with E-state index in [0.717, 1.165) is 35.9 Å². The number of aliphatic imine (C=N–C) groups is 1. The van der Waals surface area contributed by atoms with Gasteiger partial charge in [0.2, 0.25) is 0 Å². The van der Waals surface area contributed by atoms with Crippen molar-refractivity contribution in [3.05, 3.63) is 23.9 Å². The Hall–Kier alpha value is -2.04. The average molecular weight is 229 g/mol. The van der Waals surface area contributed by atoms with Crippen molar-refractivity contribution in [2.24, 2.45) is 12.0 Å². The molecule has 0 saturated carbocycles. The van der Waals surface area contributed by atoms with E-state index in [2.05, 4.69) is 26.8 Å². The highest BCUT2D eigenvalue weighted by molar-refractivity contribution is 6.02. The lowest BCUT2D eigenvalue weighted by Gasteiger charge is -2.08. The van der Waals surface area contributed by atoms with Crippen LogP contribution in [0.4, 0.5) is 5.69 Å². The average Bonchev–Trinajstić information content (AvgIpc) is 2.90. The van der Waals surface area contributed by atoms with E-state index >= 15 is 0 Å². The lowest BCUT2D eigenvalue weighted by Crippen LogP contribution is -2.26. The van der Waals surface area contributed by atoms with Crippen LogP contribution < -0.4 is 10.6 Å². The Morgan fingerprint density at radius 2 is 2.29 bits per heavy atom. The summed E-state index contributed by atoms with van der Waals surface area (Å²) >= 11 is 0. The van der Waals surface area contributed by atoms with Gasteiger partial charge in [0.15, 0.2) is 5.96 Å². The summed E-state index contributed by atoms with van der Waals surface area (Å²) in [7, 11) is 1.96. The van der Waals surface area contributed by atoms with Gasteiger partial charge in [0.05, 0.1) is 23.4 Å². The van der Waals surface area contributed by atoms with E-state index in [1.165, 1.54) is 5.39 Å². The van der Waals surface area contributed by atoms with Crippen LogP contribution in [0.5, 0.6) is 0 Å². The van der Waals surface area contributed by atoms with Gasteiger partial charge in [0.25, 0.3) is 0 Å². The van der Waals surface area contributed by atoms with E-state index in [9.17, 15) is 0 Å². The van der Waals surface area contributed by atoms with Gasteiger partial charge in [0.1, 0.15) is 0 Å². The van der Waals surface area contributed by atoms with Crippen LogP contribution in [0.25, 0.3) is 10.9 Å². The Balaban J connectivity index is 2.09. The Labute approximate surface area is 99.5 Å². The molecule has 0 unspecified atom stereocenters. The topological polar surface area (TPSA) is 54.2 Å². The monoisotopic (exact) mass is 229 g/mol. The summed E-state index contributed by atoms with van der Waals surface area (Å²) < 4.78 is 1.91. The molecule has 17 heavy (non-hydrogen) atoms. The van der Waals surface area contributed by atoms with Crippen molar-refractivity contribution in [1.29, 1.82) is 0 Å². The van der Waals surface area contributed by atoms with Gasteiger partial charge >= 0.3 is 0 Å². The van der Waals surface area contributed by atoms with Gasteiger partial charge in [-0.05, 0) is 13.0 Å². The summed E-state index contributed by atoms with van der Waals surface area (Å²) in [5, 5.41) is 12.1. The van der Waals surface area contributed by atoms with Crippen molar-refractivity contribution in [2.75, 3.05) is 18.4 Å². The second kappa shape index (κ2) is 3.76. The molecule has 5 heteroatoms. The number of rotatable bonds is 1. The zero-order valence-electron chi connectivity index (χ0n) is 9.99. The molecule has 88 valence electrons. The number of fused-ring (bicyclic) bond motifs is 1. The number of hydrogen-bond donors (Lipinski definition) is 2. The number of aryl methyl sites for hydroxylation is 2. The van der Waals surface area contributed by atoms with Gasteiger partial charge in [-0.25, -0.2) is 0 Å². The first-order chi connectivity index (χ1) is 8.25. The first kappa shape index (κ1) is 10.1. The van der Waals surface area contributed by atoms with Gasteiger partial charge in [-0.1, -0.05) is 12.1 Å². The van der Waals surface area contributed by atoms with Crippen LogP contribution in [0.2, 0.25) is 0 Å². The van der Waals surface area contributed by atoms with E-state index in [0.29, 0.717) is 0 Å². The van der Waals surface area contributed by atoms with Crippen molar-refractivity contribution in [3.63, 3.8) is 0 Å². The van der Waals surface area contributed by atoms with Crippen LogP contribution in [-0.4, -0.2) is 28.8 Å². The SMILES string of the molecule is Cc1nn(C)c2c(NC3=NCCN3)cccc12. The normalized spacial score (nSPS) is 14.8. The molecule has 0 spiro atoms. The molecular formula is C12H15N5. The second-order valence-electron chi connectivity index (χ2n) is 4.19. The van der Waals surface area contributed by atoms with Gasteiger partial charge in [-0.2, -0.15) is 5.10 Å². The molecule has 2 aromatic rings. The molecule has 1 aliphatic rings. The molecule has 1 aliphatic heterocycles. The Bertz CT molecular complexity index is 596. The molecule has 0 fully saturated rings. The van der Waals surface area contributed by atoms with Crippen LogP contribution >= 0.6 is 0 Å². The molecule has 0 amide bonds. The molecule has 0 radical (unpaired) electrons. The molecule has 5 nitrogen and oxygen atoms in total. The number of aromatic nitrogens is 2. The Morgan fingerprint density at radius 1 is 1.41 bits per heavy atom. The highest BCUT2D eigenvalue weighted by Crippen LogP contribution is 2.25. The van der Waals surface area contributed by atoms with E-state index in [1.54, 1.807) is 0 Å². The number of guanidine groups is 1. The second-order valence-corrected chi connectivity index (χ2v) is 4.19. The molecule has 1 aromatic heterocycles. The molecule has 0 bridgehead atoms. The predicted molar refractivity (Wildman–Crippen MR) is 69.4 cm³/mol. The summed E-state index contributed by atoms with van der Waals surface area (Å²) in [6.07, 6.45) is 0. The van der Waals surface area contributed by atoms with Crippen molar-refractivity contribution >= 4 is 22.5 Å². The largest absolute Gasteiger partial charge is 0.354 e. The van der Waals surface area contributed by atoms with Gasteiger partial charge < -0.3 is 10.6 Å². The molecule has 0 aliphatic carbocycles. The number of benzene rings is 1. The first-order valence-electron chi connectivity index (χ1n) is 5.73. The first-order valence-corrected chi connectivity index (χ1v) is 5.73. The van der Waals surface area contributed by atoms with Crippen molar-refractivity contribution in [3.8, 4) is 0 Å².